The number of allylic oxidation sites excluding steroid dienone is 1. The van der Waals surface area contributed by atoms with Crippen molar-refractivity contribution in [3.63, 3.8) is 0 Å². The van der Waals surface area contributed by atoms with Crippen molar-refractivity contribution in [3.8, 4) is 11.8 Å². The van der Waals surface area contributed by atoms with Crippen LogP contribution in [0.4, 0.5) is 0 Å². The first-order valence-electron chi connectivity index (χ1n) is 11.7. The summed E-state index contributed by atoms with van der Waals surface area (Å²) in [7, 11) is -2.54. The van der Waals surface area contributed by atoms with Crippen LogP contribution in [0.15, 0.2) is 60.7 Å². The average molecular weight is 453 g/mol. The van der Waals surface area contributed by atoms with Crippen molar-refractivity contribution in [2.24, 2.45) is 5.41 Å². The maximum atomic E-state index is 11.8. The van der Waals surface area contributed by atoms with E-state index in [0.717, 1.165) is 36.1 Å². The van der Waals surface area contributed by atoms with Gasteiger partial charge in [0.05, 0.1) is 6.61 Å². The minimum atomic E-state index is -2.54. The highest BCUT2D eigenvalue weighted by molar-refractivity contribution is 6.67. The van der Waals surface area contributed by atoms with E-state index in [0.29, 0.717) is 13.0 Å². The fraction of sp³-hybridized carbons (Fsp3) is 0.500. The Hall–Kier alpha value is -1.90. The molecule has 1 aromatic carbocycles. The third-order valence-electron chi connectivity index (χ3n) is 6.73. The lowest BCUT2D eigenvalue weighted by Crippen LogP contribution is -2.55. The summed E-state index contributed by atoms with van der Waals surface area (Å²) >= 11 is 0. The highest BCUT2D eigenvalue weighted by atomic mass is 28.4. The lowest BCUT2D eigenvalue weighted by molar-refractivity contribution is -0.0774. The summed E-state index contributed by atoms with van der Waals surface area (Å²) in [5.74, 6) is 6.59. The van der Waals surface area contributed by atoms with Crippen molar-refractivity contribution >= 4 is 14.6 Å². The normalized spacial score (nSPS) is 18.1. The molecule has 0 radical (unpaired) electrons. The second-order valence-electron chi connectivity index (χ2n) is 9.12. The fourth-order valence-corrected chi connectivity index (χ4v) is 6.72. The summed E-state index contributed by atoms with van der Waals surface area (Å²) in [4.78, 5) is 0. The van der Waals surface area contributed by atoms with E-state index in [1.165, 1.54) is 5.57 Å². The zero-order valence-corrected chi connectivity index (χ0v) is 21.5. The van der Waals surface area contributed by atoms with Crippen LogP contribution in [0.5, 0.6) is 0 Å². The molecule has 174 valence electrons. The van der Waals surface area contributed by atoms with Crippen LogP contribution in [-0.4, -0.2) is 32.0 Å². The van der Waals surface area contributed by atoms with E-state index in [2.05, 4.69) is 64.0 Å². The van der Waals surface area contributed by atoms with Gasteiger partial charge in [-0.05, 0) is 51.3 Å². The largest absolute Gasteiger partial charge is 0.390 e. The monoisotopic (exact) mass is 452 g/mol. The van der Waals surface area contributed by atoms with Crippen molar-refractivity contribution in [2.75, 3.05) is 6.61 Å². The third-order valence-corrected chi connectivity index (χ3v) is 10.2. The topological polar surface area (TPSA) is 38.7 Å². The van der Waals surface area contributed by atoms with E-state index in [-0.39, 0.29) is 5.41 Å². The standard InChI is InChI=1S/C28H40O3Si/c1-8-21-30-32(9-2,10-3)31-26(27(7,29)28(19-20-28)23(4)5)18-14-15-24(6)22-25-16-12-11-13-17-25/h8,11-13,16-17,22,26,29H,1,4,9-10,15,19-21H2,2-3,5-7H3/b24-22+/t26-,27-/m0/s1. The van der Waals surface area contributed by atoms with Crippen LogP contribution >= 0.6 is 0 Å². The van der Waals surface area contributed by atoms with Gasteiger partial charge in [0.15, 0.2) is 0 Å². The molecule has 3 nitrogen and oxygen atoms in total. The zero-order chi connectivity index (χ0) is 23.8. The van der Waals surface area contributed by atoms with Gasteiger partial charge < -0.3 is 14.0 Å². The molecule has 0 heterocycles. The molecule has 1 N–H and O–H groups in total. The fourth-order valence-electron chi connectivity index (χ4n) is 4.27. The van der Waals surface area contributed by atoms with Crippen LogP contribution in [0.25, 0.3) is 6.08 Å². The Morgan fingerprint density at radius 1 is 1.25 bits per heavy atom. The van der Waals surface area contributed by atoms with Gasteiger partial charge in [-0.15, -0.1) is 6.58 Å². The summed E-state index contributed by atoms with van der Waals surface area (Å²) < 4.78 is 12.9. The molecule has 1 aliphatic rings. The van der Waals surface area contributed by atoms with Crippen LogP contribution in [0.2, 0.25) is 12.1 Å². The van der Waals surface area contributed by atoms with E-state index in [1.54, 1.807) is 6.08 Å². The molecule has 0 unspecified atom stereocenters. The van der Waals surface area contributed by atoms with Gasteiger partial charge in [0.2, 0.25) is 0 Å². The summed E-state index contributed by atoms with van der Waals surface area (Å²) in [6, 6.07) is 11.8. The maximum Gasteiger partial charge on any atom is 0.338 e. The number of aliphatic hydroxyl groups is 1. The summed E-state index contributed by atoms with van der Waals surface area (Å²) in [5.41, 5.74) is 1.84. The van der Waals surface area contributed by atoms with Gasteiger partial charge in [0.25, 0.3) is 0 Å². The Labute approximate surface area is 196 Å². The molecular formula is C28H40O3Si. The maximum absolute atomic E-state index is 11.8. The molecule has 0 saturated heterocycles. The van der Waals surface area contributed by atoms with Gasteiger partial charge in [-0.1, -0.05) is 85.9 Å². The van der Waals surface area contributed by atoms with Gasteiger partial charge in [0, 0.05) is 11.8 Å². The van der Waals surface area contributed by atoms with Gasteiger partial charge in [-0.3, -0.25) is 0 Å². The van der Waals surface area contributed by atoms with E-state index >= 15 is 0 Å². The molecule has 1 fully saturated rings. The Balaban J connectivity index is 2.33. The van der Waals surface area contributed by atoms with Gasteiger partial charge >= 0.3 is 8.56 Å². The van der Waals surface area contributed by atoms with Crippen LogP contribution in [-0.2, 0) is 8.85 Å². The van der Waals surface area contributed by atoms with Crippen molar-refractivity contribution in [3.05, 3.63) is 66.3 Å². The minimum Gasteiger partial charge on any atom is -0.390 e. The predicted molar refractivity (Wildman–Crippen MR) is 137 cm³/mol. The summed E-state index contributed by atoms with van der Waals surface area (Å²) in [6.07, 6.45) is 5.69. The molecule has 2 rings (SSSR count). The van der Waals surface area contributed by atoms with Crippen molar-refractivity contribution < 1.29 is 14.0 Å². The third kappa shape index (κ3) is 6.11. The first-order chi connectivity index (χ1) is 15.2. The molecule has 1 aromatic rings. The molecule has 4 heteroatoms. The van der Waals surface area contributed by atoms with E-state index in [4.69, 9.17) is 8.85 Å². The Bertz CT molecular complexity index is 865. The number of hydrogen-bond acceptors (Lipinski definition) is 3. The zero-order valence-electron chi connectivity index (χ0n) is 20.5. The first kappa shape index (κ1) is 26.4. The number of hydrogen-bond donors (Lipinski definition) is 1. The van der Waals surface area contributed by atoms with Gasteiger partial charge in [0.1, 0.15) is 11.7 Å². The SMILES string of the molecule is C=CCO[Si](CC)(CC)O[C@@H](C#CC/C(C)=C/c1ccccc1)[C@](C)(O)C1(C(=C)C)CC1. The van der Waals surface area contributed by atoms with Crippen molar-refractivity contribution in [1.82, 2.24) is 0 Å². The Kier molecular flexibility index (Phi) is 9.30. The molecular weight excluding hydrogens is 412 g/mol. The van der Waals surface area contributed by atoms with Gasteiger partial charge in [-0.25, -0.2) is 0 Å². The van der Waals surface area contributed by atoms with Crippen molar-refractivity contribution in [1.29, 1.82) is 0 Å². The molecule has 0 spiro atoms. The van der Waals surface area contributed by atoms with Crippen molar-refractivity contribution in [2.45, 2.75) is 77.7 Å². The molecule has 0 amide bonds. The molecule has 1 aliphatic carbocycles. The molecule has 1 saturated carbocycles. The minimum absolute atomic E-state index is 0.346. The van der Waals surface area contributed by atoms with Crippen LogP contribution in [0.1, 0.15) is 59.4 Å². The van der Waals surface area contributed by atoms with Gasteiger partial charge in [-0.2, -0.15) is 0 Å². The lowest BCUT2D eigenvalue weighted by Gasteiger charge is -2.42. The Morgan fingerprint density at radius 2 is 1.88 bits per heavy atom. The Morgan fingerprint density at radius 3 is 2.38 bits per heavy atom. The molecule has 0 aromatic heterocycles. The molecule has 0 aliphatic heterocycles. The second-order valence-corrected chi connectivity index (χ2v) is 12.9. The lowest BCUT2D eigenvalue weighted by atomic mass is 9.77. The summed E-state index contributed by atoms with van der Waals surface area (Å²) in [6.45, 7) is 18.5. The second kappa shape index (κ2) is 11.3. The average Bonchev–Trinajstić information content (AvgIpc) is 3.59. The predicted octanol–water partition coefficient (Wildman–Crippen LogP) is 6.66. The highest BCUT2D eigenvalue weighted by Crippen LogP contribution is 2.60. The smallest absolute Gasteiger partial charge is 0.338 e. The first-order valence-corrected chi connectivity index (χ1v) is 13.9. The van der Waals surface area contributed by atoms with Crippen LogP contribution < -0.4 is 0 Å². The molecule has 0 bridgehead atoms. The van der Waals surface area contributed by atoms with Crippen LogP contribution in [0.3, 0.4) is 0 Å². The molecule has 2 atom stereocenters. The number of rotatable bonds is 12. The quantitative estimate of drug-likeness (QED) is 0.219. The summed E-state index contributed by atoms with van der Waals surface area (Å²) in [5, 5.41) is 11.8. The van der Waals surface area contributed by atoms with E-state index in [1.807, 2.05) is 32.0 Å². The van der Waals surface area contributed by atoms with E-state index in [9.17, 15) is 5.11 Å². The highest BCUT2D eigenvalue weighted by Gasteiger charge is 2.61. The van der Waals surface area contributed by atoms with Crippen LogP contribution in [0, 0.1) is 17.3 Å². The van der Waals surface area contributed by atoms with E-state index < -0.39 is 20.3 Å². The molecule has 32 heavy (non-hydrogen) atoms. The number of benzene rings is 1.